The number of unbranched alkanes of at least 4 members (excludes halogenated alkanes) is 2. The van der Waals surface area contributed by atoms with E-state index in [1.165, 1.54) is 19.3 Å². The zero-order chi connectivity index (χ0) is 22.6. The van der Waals surface area contributed by atoms with Gasteiger partial charge >= 0.3 is 11.9 Å². The van der Waals surface area contributed by atoms with Gasteiger partial charge in [-0.1, -0.05) is 83.2 Å². The molecule has 1 saturated carbocycles. The fourth-order valence-electron chi connectivity index (χ4n) is 4.83. The maximum atomic E-state index is 13.1. The lowest BCUT2D eigenvalue weighted by Crippen LogP contribution is -2.40. The molecule has 1 aliphatic carbocycles. The summed E-state index contributed by atoms with van der Waals surface area (Å²) in [6, 6.07) is 9.74. The summed E-state index contributed by atoms with van der Waals surface area (Å²) >= 11 is 0. The van der Waals surface area contributed by atoms with Gasteiger partial charge in [0.1, 0.15) is 6.10 Å². The Morgan fingerprint density at radius 2 is 1.74 bits per heavy atom. The van der Waals surface area contributed by atoms with Crippen LogP contribution in [-0.4, -0.2) is 18.5 Å². The van der Waals surface area contributed by atoms with Crippen LogP contribution in [0.5, 0.6) is 0 Å². The molecule has 5 atom stereocenters. The van der Waals surface area contributed by atoms with Gasteiger partial charge in [0, 0.05) is 0 Å². The van der Waals surface area contributed by atoms with E-state index in [1.54, 1.807) is 0 Å². The van der Waals surface area contributed by atoms with Crippen LogP contribution in [0.15, 0.2) is 30.3 Å². The largest absolute Gasteiger partial charge is 0.465 e. The van der Waals surface area contributed by atoms with Crippen LogP contribution in [0.25, 0.3) is 0 Å². The highest BCUT2D eigenvalue weighted by Gasteiger charge is 2.42. The van der Waals surface area contributed by atoms with E-state index in [0.717, 1.165) is 37.7 Å². The third-order valence-electron chi connectivity index (χ3n) is 6.73. The Morgan fingerprint density at radius 3 is 2.42 bits per heavy atom. The van der Waals surface area contributed by atoms with E-state index < -0.39 is 11.8 Å². The maximum absolute atomic E-state index is 13.1. The fraction of sp³-hybridized carbons (Fsp3) is 0.704. The lowest BCUT2D eigenvalue weighted by molar-refractivity contribution is -0.169. The number of benzene rings is 1. The molecule has 4 nitrogen and oxygen atoms in total. The highest BCUT2D eigenvalue weighted by atomic mass is 16.5. The molecule has 0 spiro atoms. The van der Waals surface area contributed by atoms with Crippen LogP contribution in [-0.2, 0) is 19.1 Å². The molecule has 1 aromatic rings. The van der Waals surface area contributed by atoms with Crippen LogP contribution < -0.4 is 0 Å². The Hall–Kier alpha value is -1.84. The Morgan fingerprint density at radius 1 is 1.00 bits per heavy atom. The normalized spacial score (nSPS) is 23.0. The Balaban J connectivity index is 1.98. The molecule has 5 unspecified atom stereocenters. The van der Waals surface area contributed by atoms with E-state index >= 15 is 0 Å². The van der Waals surface area contributed by atoms with Gasteiger partial charge in [0.2, 0.25) is 0 Å². The van der Waals surface area contributed by atoms with Crippen molar-refractivity contribution in [2.45, 2.75) is 91.6 Å². The molecule has 174 valence electrons. The van der Waals surface area contributed by atoms with Crippen molar-refractivity contribution in [1.29, 1.82) is 0 Å². The van der Waals surface area contributed by atoms with Crippen molar-refractivity contribution in [2.75, 3.05) is 6.61 Å². The van der Waals surface area contributed by atoms with Crippen molar-refractivity contribution in [3.05, 3.63) is 35.9 Å². The molecule has 0 radical (unpaired) electrons. The Kier molecular flexibility index (Phi) is 11.1. The SMILES string of the molecule is CCCCCC(CCC)COC(=O)C1C(C)CCCC1C(=O)OC(C)c1ccccc1. The molecule has 4 heteroatoms. The summed E-state index contributed by atoms with van der Waals surface area (Å²) < 4.78 is 11.6. The van der Waals surface area contributed by atoms with Gasteiger partial charge in [0.25, 0.3) is 0 Å². The number of rotatable bonds is 12. The van der Waals surface area contributed by atoms with Crippen molar-refractivity contribution < 1.29 is 19.1 Å². The molecule has 1 aliphatic rings. The second kappa shape index (κ2) is 13.5. The minimum Gasteiger partial charge on any atom is -0.465 e. The molecule has 1 aromatic carbocycles. The smallest absolute Gasteiger partial charge is 0.310 e. The molecular weight excluding hydrogens is 388 g/mol. The van der Waals surface area contributed by atoms with Crippen molar-refractivity contribution >= 4 is 11.9 Å². The molecule has 0 bridgehead atoms. The molecule has 0 heterocycles. The molecule has 1 fully saturated rings. The lowest BCUT2D eigenvalue weighted by atomic mass is 9.72. The molecular formula is C27H42O4. The van der Waals surface area contributed by atoms with Crippen LogP contribution >= 0.6 is 0 Å². The quantitative estimate of drug-likeness (QED) is 0.268. The first kappa shape index (κ1) is 25.4. The zero-order valence-electron chi connectivity index (χ0n) is 20.0. The first-order valence-electron chi connectivity index (χ1n) is 12.4. The molecule has 2 rings (SSSR count). The first-order valence-corrected chi connectivity index (χ1v) is 12.4. The van der Waals surface area contributed by atoms with Crippen molar-refractivity contribution in [3.63, 3.8) is 0 Å². The second-order valence-corrected chi connectivity index (χ2v) is 9.31. The van der Waals surface area contributed by atoms with Crippen LogP contribution in [0.3, 0.4) is 0 Å². The van der Waals surface area contributed by atoms with Crippen LogP contribution in [0, 0.1) is 23.7 Å². The van der Waals surface area contributed by atoms with Crippen LogP contribution in [0.1, 0.15) is 97.1 Å². The predicted molar refractivity (Wildman–Crippen MR) is 124 cm³/mol. The van der Waals surface area contributed by atoms with Crippen molar-refractivity contribution in [3.8, 4) is 0 Å². The summed E-state index contributed by atoms with van der Waals surface area (Å²) in [6.07, 6.45) is 9.16. The zero-order valence-corrected chi connectivity index (χ0v) is 20.0. The van der Waals surface area contributed by atoms with Gasteiger partial charge in [-0.05, 0) is 50.0 Å². The molecule has 0 aliphatic heterocycles. The predicted octanol–water partition coefficient (Wildman–Crippen LogP) is 6.88. The second-order valence-electron chi connectivity index (χ2n) is 9.31. The first-order chi connectivity index (χ1) is 15.0. The van der Waals surface area contributed by atoms with Gasteiger partial charge in [0.15, 0.2) is 0 Å². The van der Waals surface area contributed by atoms with Gasteiger partial charge in [-0.2, -0.15) is 0 Å². The number of carbonyl (C=O) groups excluding carboxylic acids is 2. The minimum absolute atomic E-state index is 0.135. The van der Waals surface area contributed by atoms with Gasteiger partial charge in [-0.3, -0.25) is 9.59 Å². The molecule has 0 aromatic heterocycles. The highest BCUT2D eigenvalue weighted by molar-refractivity contribution is 5.82. The van der Waals surface area contributed by atoms with E-state index in [1.807, 2.05) is 37.3 Å². The van der Waals surface area contributed by atoms with Gasteiger partial charge in [-0.25, -0.2) is 0 Å². The summed E-state index contributed by atoms with van der Waals surface area (Å²) in [5.41, 5.74) is 0.966. The number of ether oxygens (including phenoxy) is 2. The third kappa shape index (κ3) is 7.97. The summed E-state index contributed by atoms with van der Waals surface area (Å²) in [6.45, 7) is 8.81. The third-order valence-corrected chi connectivity index (χ3v) is 6.73. The topological polar surface area (TPSA) is 52.6 Å². The van der Waals surface area contributed by atoms with E-state index in [9.17, 15) is 9.59 Å². The van der Waals surface area contributed by atoms with E-state index in [0.29, 0.717) is 18.9 Å². The van der Waals surface area contributed by atoms with Crippen molar-refractivity contribution in [2.24, 2.45) is 23.7 Å². The van der Waals surface area contributed by atoms with Gasteiger partial charge < -0.3 is 9.47 Å². The highest BCUT2D eigenvalue weighted by Crippen LogP contribution is 2.37. The summed E-state index contributed by atoms with van der Waals surface area (Å²) in [7, 11) is 0. The standard InChI is InChI=1S/C27H42O4/c1-5-7-9-15-22(13-6-2)19-30-27(29)25-20(3)14-12-18-24(25)26(28)31-21(4)23-16-10-8-11-17-23/h8,10-11,16-17,20-22,24-25H,5-7,9,12-15,18-19H2,1-4H3. The Bertz CT molecular complexity index is 656. The number of hydrogen-bond donors (Lipinski definition) is 0. The Labute approximate surface area is 189 Å². The molecule has 0 saturated heterocycles. The van der Waals surface area contributed by atoms with Crippen LogP contribution in [0.2, 0.25) is 0 Å². The fourth-order valence-corrected chi connectivity index (χ4v) is 4.83. The average molecular weight is 431 g/mol. The molecule has 31 heavy (non-hydrogen) atoms. The average Bonchev–Trinajstić information content (AvgIpc) is 2.77. The van der Waals surface area contributed by atoms with E-state index in [-0.39, 0.29) is 24.0 Å². The minimum atomic E-state index is -0.410. The lowest BCUT2D eigenvalue weighted by Gasteiger charge is -2.34. The summed E-state index contributed by atoms with van der Waals surface area (Å²) in [5.74, 6) is -0.733. The van der Waals surface area contributed by atoms with E-state index in [4.69, 9.17) is 9.47 Å². The van der Waals surface area contributed by atoms with Gasteiger partial charge in [0.05, 0.1) is 18.4 Å². The summed E-state index contributed by atoms with van der Waals surface area (Å²) in [5, 5.41) is 0. The number of carbonyl (C=O) groups is 2. The maximum Gasteiger partial charge on any atom is 0.310 e. The number of hydrogen-bond acceptors (Lipinski definition) is 4. The van der Waals surface area contributed by atoms with E-state index in [2.05, 4.69) is 20.8 Å². The van der Waals surface area contributed by atoms with Crippen LogP contribution in [0.4, 0.5) is 0 Å². The number of esters is 2. The van der Waals surface area contributed by atoms with Crippen molar-refractivity contribution in [1.82, 2.24) is 0 Å². The summed E-state index contributed by atoms with van der Waals surface area (Å²) in [4.78, 5) is 26.1. The monoisotopic (exact) mass is 430 g/mol. The molecule has 0 amide bonds. The van der Waals surface area contributed by atoms with Gasteiger partial charge in [-0.15, -0.1) is 0 Å². The molecule has 0 N–H and O–H groups in total.